The number of aliphatic hydroxyl groups is 1. The predicted octanol–water partition coefficient (Wildman–Crippen LogP) is 12.5. The maximum absolute atomic E-state index is 9.97. The van der Waals surface area contributed by atoms with Crippen LogP contribution in [-0.4, -0.2) is 17.5 Å². The Morgan fingerprint density at radius 1 is 0.474 bits per heavy atom. The molecule has 0 aromatic rings. The van der Waals surface area contributed by atoms with Crippen molar-refractivity contribution in [2.24, 2.45) is 5.92 Å². The monoisotopic (exact) mass is 537 g/mol. The molecular formula is C36H72O2. The molecular weight excluding hydrogens is 464 g/mol. The van der Waals surface area contributed by atoms with Gasteiger partial charge >= 0.3 is 0 Å². The zero-order valence-electron chi connectivity index (χ0n) is 26.6. The fraction of sp³-hybridized carbons (Fsp3) is 1.00. The molecule has 1 rings (SSSR count). The molecule has 0 saturated carbocycles. The van der Waals surface area contributed by atoms with Crippen molar-refractivity contribution in [2.75, 3.05) is 6.61 Å². The van der Waals surface area contributed by atoms with Crippen LogP contribution in [0.2, 0.25) is 0 Å². The van der Waals surface area contributed by atoms with E-state index in [1.807, 2.05) is 0 Å². The zero-order valence-corrected chi connectivity index (χ0v) is 26.6. The second-order valence-electron chi connectivity index (χ2n) is 13.0. The Balaban J connectivity index is 1.94. The molecule has 0 amide bonds. The second-order valence-corrected chi connectivity index (χ2v) is 13.0. The summed E-state index contributed by atoms with van der Waals surface area (Å²) >= 11 is 0. The molecule has 2 atom stereocenters. The van der Waals surface area contributed by atoms with Gasteiger partial charge in [-0.25, -0.2) is 0 Å². The van der Waals surface area contributed by atoms with Crippen LogP contribution in [0.25, 0.3) is 0 Å². The highest BCUT2D eigenvalue weighted by Crippen LogP contribution is 2.29. The zero-order chi connectivity index (χ0) is 27.4. The number of hydrogen-bond donors (Lipinski definition) is 1. The van der Waals surface area contributed by atoms with Gasteiger partial charge in [-0.3, -0.25) is 0 Å². The standard InChI is InChI=1S/C36H72O2/c1-3-5-7-9-10-11-12-13-14-15-16-19-22-26-30-35(29-25-8-6-4-2)31-27-23-20-17-18-21-24-28-32-36(37)33-34-38-36/h35,37H,3-34H2,1-2H3. The molecule has 38 heavy (non-hydrogen) atoms. The fourth-order valence-corrected chi connectivity index (χ4v) is 6.35. The lowest BCUT2D eigenvalue weighted by Crippen LogP contribution is -2.43. The Morgan fingerprint density at radius 2 is 0.763 bits per heavy atom. The fourth-order valence-electron chi connectivity index (χ4n) is 6.35. The summed E-state index contributed by atoms with van der Waals surface area (Å²) in [5.74, 6) is 0.253. The van der Waals surface area contributed by atoms with E-state index < -0.39 is 5.79 Å². The lowest BCUT2D eigenvalue weighted by atomic mass is 9.89. The van der Waals surface area contributed by atoms with Crippen LogP contribution in [0.15, 0.2) is 0 Å². The van der Waals surface area contributed by atoms with Crippen molar-refractivity contribution in [1.29, 1.82) is 0 Å². The van der Waals surface area contributed by atoms with Gasteiger partial charge in [0.15, 0.2) is 5.79 Å². The van der Waals surface area contributed by atoms with E-state index in [2.05, 4.69) is 13.8 Å². The average Bonchev–Trinajstić information content (AvgIpc) is 2.90. The first-order chi connectivity index (χ1) is 18.7. The molecule has 2 nitrogen and oxygen atoms in total. The summed E-state index contributed by atoms with van der Waals surface area (Å²) in [7, 11) is 0. The van der Waals surface area contributed by atoms with Gasteiger partial charge in [-0.15, -0.1) is 0 Å². The second kappa shape index (κ2) is 27.1. The summed E-state index contributed by atoms with van der Waals surface area (Å²) in [5.41, 5.74) is 0. The maximum Gasteiger partial charge on any atom is 0.167 e. The van der Waals surface area contributed by atoms with Crippen LogP contribution < -0.4 is 0 Å². The highest BCUT2D eigenvalue weighted by atomic mass is 16.6. The molecule has 1 fully saturated rings. The molecule has 1 aliphatic rings. The summed E-state index contributed by atoms with van der Waals surface area (Å²) < 4.78 is 5.27. The first-order valence-corrected chi connectivity index (χ1v) is 18.1. The van der Waals surface area contributed by atoms with E-state index in [4.69, 9.17) is 4.74 Å². The summed E-state index contributed by atoms with van der Waals surface area (Å²) in [6, 6.07) is 0. The predicted molar refractivity (Wildman–Crippen MR) is 169 cm³/mol. The first kappa shape index (κ1) is 35.9. The van der Waals surface area contributed by atoms with Crippen LogP contribution in [0.4, 0.5) is 0 Å². The third-order valence-electron chi connectivity index (χ3n) is 9.23. The Hall–Kier alpha value is -0.0800. The van der Waals surface area contributed by atoms with E-state index >= 15 is 0 Å². The summed E-state index contributed by atoms with van der Waals surface area (Å²) in [4.78, 5) is 0. The molecule has 0 bridgehead atoms. The largest absolute Gasteiger partial charge is 0.365 e. The van der Waals surface area contributed by atoms with Crippen molar-refractivity contribution < 1.29 is 9.84 Å². The maximum atomic E-state index is 9.97. The SMILES string of the molecule is CCCCCCCCCCCCCCCCC(CCCCCC)CCCCCCCCCCC1(O)CCO1. The minimum Gasteiger partial charge on any atom is -0.365 e. The normalized spacial score (nSPS) is 18.1. The Bertz CT molecular complexity index is 458. The van der Waals surface area contributed by atoms with Gasteiger partial charge in [-0.1, -0.05) is 194 Å². The molecule has 1 saturated heterocycles. The van der Waals surface area contributed by atoms with E-state index in [1.165, 1.54) is 180 Å². The molecule has 1 N–H and O–H groups in total. The molecule has 2 unspecified atom stereocenters. The third-order valence-corrected chi connectivity index (χ3v) is 9.23. The van der Waals surface area contributed by atoms with Gasteiger partial charge in [0, 0.05) is 12.8 Å². The highest BCUT2D eigenvalue weighted by molar-refractivity contribution is 4.74. The summed E-state index contributed by atoms with van der Waals surface area (Å²) in [6.45, 7) is 5.38. The first-order valence-electron chi connectivity index (χ1n) is 18.1. The van der Waals surface area contributed by atoms with Gasteiger partial charge in [0.05, 0.1) is 6.61 Å². The quantitative estimate of drug-likeness (QED) is 0.0892. The minimum atomic E-state index is -0.750. The summed E-state index contributed by atoms with van der Waals surface area (Å²) in [5, 5.41) is 9.97. The number of hydrogen-bond acceptors (Lipinski definition) is 2. The van der Waals surface area contributed by atoms with Crippen molar-refractivity contribution in [3.8, 4) is 0 Å². The van der Waals surface area contributed by atoms with Gasteiger partial charge in [0.2, 0.25) is 0 Å². The Kier molecular flexibility index (Phi) is 25.6. The lowest BCUT2D eigenvalue weighted by Gasteiger charge is -2.36. The number of rotatable bonds is 31. The van der Waals surface area contributed by atoms with E-state index in [0.29, 0.717) is 0 Å². The minimum absolute atomic E-state index is 0.746. The highest BCUT2D eigenvalue weighted by Gasteiger charge is 2.34. The Morgan fingerprint density at radius 3 is 1.08 bits per heavy atom. The van der Waals surface area contributed by atoms with Crippen molar-refractivity contribution in [2.45, 2.75) is 219 Å². The Labute approximate surface area is 240 Å². The molecule has 0 spiro atoms. The van der Waals surface area contributed by atoms with E-state index in [1.54, 1.807) is 0 Å². The van der Waals surface area contributed by atoms with Crippen molar-refractivity contribution in [1.82, 2.24) is 0 Å². The molecule has 0 aromatic carbocycles. The van der Waals surface area contributed by atoms with Crippen molar-refractivity contribution >= 4 is 0 Å². The van der Waals surface area contributed by atoms with Crippen LogP contribution in [0.1, 0.15) is 213 Å². The van der Waals surface area contributed by atoms with Gasteiger partial charge < -0.3 is 9.84 Å². The van der Waals surface area contributed by atoms with E-state index in [-0.39, 0.29) is 0 Å². The van der Waals surface area contributed by atoms with E-state index in [0.717, 1.165) is 31.8 Å². The van der Waals surface area contributed by atoms with Crippen LogP contribution in [0.3, 0.4) is 0 Å². The smallest absolute Gasteiger partial charge is 0.167 e. The number of unbranched alkanes of at least 4 members (excludes halogenated alkanes) is 23. The topological polar surface area (TPSA) is 29.5 Å². The average molecular weight is 537 g/mol. The number of ether oxygens (including phenoxy) is 1. The lowest BCUT2D eigenvalue weighted by molar-refractivity contribution is -0.285. The molecule has 1 aliphatic heterocycles. The molecule has 1 heterocycles. The molecule has 0 aromatic heterocycles. The van der Waals surface area contributed by atoms with Gasteiger partial charge in [-0.2, -0.15) is 0 Å². The van der Waals surface area contributed by atoms with Crippen LogP contribution in [-0.2, 0) is 4.74 Å². The van der Waals surface area contributed by atoms with Crippen molar-refractivity contribution in [3.05, 3.63) is 0 Å². The van der Waals surface area contributed by atoms with Crippen LogP contribution in [0.5, 0.6) is 0 Å². The van der Waals surface area contributed by atoms with Gasteiger partial charge in [-0.05, 0) is 12.3 Å². The van der Waals surface area contributed by atoms with Crippen LogP contribution in [0, 0.1) is 5.92 Å². The third kappa shape index (κ3) is 22.7. The molecule has 0 radical (unpaired) electrons. The van der Waals surface area contributed by atoms with Crippen LogP contribution >= 0.6 is 0 Å². The van der Waals surface area contributed by atoms with Gasteiger partial charge in [0.1, 0.15) is 0 Å². The summed E-state index contributed by atoms with van der Waals surface area (Å²) in [6.07, 6.45) is 43.2. The van der Waals surface area contributed by atoms with Crippen molar-refractivity contribution in [3.63, 3.8) is 0 Å². The molecule has 2 heteroatoms. The van der Waals surface area contributed by atoms with E-state index in [9.17, 15) is 5.11 Å². The molecule has 228 valence electrons. The van der Waals surface area contributed by atoms with Gasteiger partial charge in [0.25, 0.3) is 0 Å². The molecule has 0 aliphatic carbocycles.